The molecule has 0 aromatic heterocycles. The van der Waals surface area contributed by atoms with Crippen molar-refractivity contribution in [1.82, 2.24) is 4.90 Å². The van der Waals surface area contributed by atoms with Gasteiger partial charge in [-0.05, 0) is 35.9 Å². The second-order valence-corrected chi connectivity index (χ2v) is 5.93. The molecule has 1 aliphatic rings. The molecule has 0 spiro atoms. The highest BCUT2D eigenvalue weighted by atomic mass is 35.5. The Bertz CT molecular complexity index is 723. The summed E-state index contributed by atoms with van der Waals surface area (Å²) in [6, 6.07) is 11.6. The second kappa shape index (κ2) is 6.15. The van der Waals surface area contributed by atoms with Crippen LogP contribution < -0.4 is 4.90 Å². The Morgan fingerprint density at radius 1 is 1.09 bits per heavy atom. The standard InChI is InChI=1S/C16H13Cl2FN2O/c17-12-3-1-2-11(8-12)10-20-6-7-21(16(20)22)13-4-5-15(19)14(18)9-13/h1-5,8-9H,6-7,10H2. The van der Waals surface area contributed by atoms with Gasteiger partial charge in [0.2, 0.25) is 0 Å². The fourth-order valence-electron chi connectivity index (χ4n) is 2.48. The van der Waals surface area contributed by atoms with Crippen molar-refractivity contribution in [3.63, 3.8) is 0 Å². The first-order valence-corrected chi connectivity index (χ1v) is 7.56. The van der Waals surface area contributed by atoms with Gasteiger partial charge in [-0.15, -0.1) is 0 Å². The maximum atomic E-state index is 13.2. The van der Waals surface area contributed by atoms with E-state index >= 15 is 0 Å². The summed E-state index contributed by atoms with van der Waals surface area (Å²) in [4.78, 5) is 15.8. The topological polar surface area (TPSA) is 23.6 Å². The van der Waals surface area contributed by atoms with Crippen LogP contribution in [0.1, 0.15) is 5.56 Å². The number of benzene rings is 2. The zero-order chi connectivity index (χ0) is 15.7. The SMILES string of the molecule is O=C1N(Cc2cccc(Cl)c2)CCN1c1ccc(F)c(Cl)c1. The lowest BCUT2D eigenvalue weighted by atomic mass is 10.2. The third-order valence-corrected chi connectivity index (χ3v) is 4.10. The average Bonchev–Trinajstić information content (AvgIpc) is 2.83. The molecule has 3 nitrogen and oxygen atoms in total. The predicted molar refractivity (Wildman–Crippen MR) is 86.0 cm³/mol. The smallest absolute Gasteiger partial charge is 0.318 e. The minimum absolute atomic E-state index is 0.0126. The van der Waals surface area contributed by atoms with Crippen molar-refractivity contribution in [2.24, 2.45) is 0 Å². The Hall–Kier alpha value is -1.78. The van der Waals surface area contributed by atoms with Gasteiger partial charge in [0.15, 0.2) is 0 Å². The van der Waals surface area contributed by atoms with Gasteiger partial charge in [0.1, 0.15) is 5.82 Å². The molecule has 0 atom stereocenters. The first kappa shape index (κ1) is 15.1. The van der Waals surface area contributed by atoms with Gasteiger partial charge in [0, 0.05) is 30.3 Å². The van der Waals surface area contributed by atoms with E-state index in [0.717, 1.165) is 5.56 Å². The molecule has 1 fully saturated rings. The molecule has 2 aromatic carbocycles. The van der Waals surface area contributed by atoms with Crippen LogP contribution in [0.2, 0.25) is 10.0 Å². The molecule has 0 bridgehead atoms. The lowest BCUT2D eigenvalue weighted by molar-refractivity contribution is 0.219. The normalized spacial score (nSPS) is 14.8. The van der Waals surface area contributed by atoms with Crippen LogP contribution in [0.3, 0.4) is 0 Å². The molecule has 0 N–H and O–H groups in total. The Balaban J connectivity index is 1.75. The fourth-order valence-corrected chi connectivity index (χ4v) is 2.87. The zero-order valence-corrected chi connectivity index (χ0v) is 13.1. The number of anilines is 1. The van der Waals surface area contributed by atoms with Crippen LogP contribution in [0, 0.1) is 5.82 Å². The molecule has 6 heteroatoms. The molecule has 0 aliphatic carbocycles. The Morgan fingerprint density at radius 2 is 1.91 bits per heavy atom. The highest BCUT2D eigenvalue weighted by molar-refractivity contribution is 6.31. The molecule has 1 saturated heterocycles. The van der Waals surface area contributed by atoms with Crippen molar-refractivity contribution in [2.75, 3.05) is 18.0 Å². The van der Waals surface area contributed by atoms with Gasteiger partial charge in [-0.25, -0.2) is 9.18 Å². The van der Waals surface area contributed by atoms with Gasteiger partial charge < -0.3 is 4.90 Å². The molecule has 0 saturated carbocycles. The molecule has 114 valence electrons. The lowest BCUT2D eigenvalue weighted by Gasteiger charge is -2.19. The van der Waals surface area contributed by atoms with Crippen molar-refractivity contribution in [3.05, 3.63) is 63.9 Å². The number of hydrogen-bond acceptors (Lipinski definition) is 1. The van der Waals surface area contributed by atoms with Crippen LogP contribution in [0.5, 0.6) is 0 Å². The molecule has 1 heterocycles. The minimum atomic E-state index is -0.493. The lowest BCUT2D eigenvalue weighted by Crippen LogP contribution is -2.31. The maximum Gasteiger partial charge on any atom is 0.324 e. The van der Waals surface area contributed by atoms with Gasteiger partial charge in [-0.2, -0.15) is 0 Å². The van der Waals surface area contributed by atoms with Crippen LogP contribution >= 0.6 is 23.2 Å². The largest absolute Gasteiger partial charge is 0.324 e. The van der Waals surface area contributed by atoms with Crippen LogP contribution in [0.25, 0.3) is 0 Å². The van der Waals surface area contributed by atoms with E-state index in [0.29, 0.717) is 30.3 Å². The maximum absolute atomic E-state index is 13.2. The molecule has 22 heavy (non-hydrogen) atoms. The van der Waals surface area contributed by atoms with E-state index in [4.69, 9.17) is 23.2 Å². The van der Waals surface area contributed by atoms with Crippen molar-refractivity contribution in [3.8, 4) is 0 Å². The highest BCUT2D eigenvalue weighted by Crippen LogP contribution is 2.26. The zero-order valence-electron chi connectivity index (χ0n) is 11.6. The van der Waals surface area contributed by atoms with Crippen LogP contribution in [-0.4, -0.2) is 24.0 Å². The summed E-state index contributed by atoms with van der Waals surface area (Å²) in [5, 5.41) is 0.657. The van der Waals surface area contributed by atoms with Crippen LogP contribution in [0.15, 0.2) is 42.5 Å². The number of carbonyl (C=O) groups excluding carboxylic acids is 1. The van der Waals surface area contributed by atoms with E-state index < -0.39 is 5.82 Å². The molecule has 2 aromatic rings. The number of carbonyl (C=O) groups is 1. The van der Waals surface area contributed by atoms with E-state index in [1.54, 1.807) is 21.9 Å². The molecular weight excluding hydrogens is 326 g/mol. The number of nitrogens with zero attached hydrogens (tertiary/aromatic N) is 2. The van der Waals surface area contributed by atoms with E-state index in [-0.39, 0.29) is 11.1 Å². The Labute approximate surface area is 137 Å². The monoisotopic (exact) mass is 338 g/mol. The number of hydrogen-bond donors (Lipinski definition) is 0. The van der Waals surface area contributed by atoms with Gasteiger partial charge >= 0.3 is 6.03 Å². The van der Waals surface area contributed by atoms with E-state index in [9.17, 15) is 9.18 Å². The third kappa shape index (κ3) is 3.03. The van der Waals surface area contributed by atoms with Gasteiger partial charge in [0.05, 0.1) is 5.02 Å². The molecule has 0 radical (unpaired) electrons. The first-order valence-electron chi connectivity index (χ1n) is 6.80. The number of halogens is 3. The van der Waals surface area contributed by atoms with E-state index in [1.807, 2.05) is 18.2 Å². The third-order valence-electron chi connectivity index (χ3n) is 3.57. The second-order valence-electron chi connectivity index (χ2n) is 5.08. The number of rotatable bonds is 3. The summed E-state index contributed by atoms with van der Waals surface area (Å²) in [5.41, 5.74) is 1.57. The molecule has 2 amide bonds. The summed E-state index contributed by atoms with van der Waals surface area (Å²) in [6.45, 7) is 1.63. The fraction of sp³-hybridized carbons (Fsp3) is 0.188. The van der Waals surface area contributed by atoms with Gasteiger partial charge in [-0.3, -0.25) is 4.90 Å². The van der Waals surface area contributed by atoms with Gasteiger partial charge in [-0.1, -0.05) is 35.3 Å². The van der Waals surface area contributed by atoms with Crippen molar-refractivity contribution in [2.45, 2.75) is 6.54 Å². The molecule has 1 aliphatic heterocycles. The highest BCUT2D eigenvalue weighted by Gasteiger charge is 2.29. The van der Waals surface area contributed by atoms with Crippen molar-refractivity contribution < 1.29 is 9.18 Å². The predicted octanol–water partition coefficient (Wildman–Crippen LogP) is 4.57. The molecule has 0 unspecified atom stereocenters. The van der Waals surface area contributed by atoms with Gasteiger partial charge in [0.25, 0.3) is 0 Å². The average molecular weight is 339 g/mol. The van der Waals surface area contributed by atoms with E-state index in [1.165, 1.54) is 12.1 Å². The number of urea groups is 1. The summed E-state index contributed by atoms with van der Waals surface area (Å²) >= 11 is 11.7. The quantitative estimate of drug-likeness (QED) is 0.803. The summed E-state index contributed by atoms with van der Waals surface area (Å²) in [5.74, 6) is -0.493. The first-order chi connectivity index (χ1) is 10.5. The summed E-state index contributed by atoms with van der Waals surface area (Å²) in [7, 11) is 0. The summed E-state index contributed by atoms with van der Waals surface area (Å²) in [6.07, 6.45) is 0. The van der Waals surface area contributed by atoms with Crippen molar-refractivity contribution in [1.29, 1.82) is 0 Å². The molecular formula is C16H13Cl2FN2O. The van der Waals surface area contributed by atoms with E-state index in [2.05, 4.69) is 0 Å². The van der Waals surface area contributed by atoms with Crippen LogP contribution in [-0.2, 0) is 6.54 Å². The Kier molecular flexibility index (Phi) is 4.23. The Morgan fingerprint density at radius 3 is 2.64 bits per heavy atom. The minimum Gasteiger partial charge on any atom is -0.318 e. The summed E-state index contributed by atoms with van der Waals surface area (Å²) < 4.78 is 13.2. The van der Waals surface area contributed by atoms with Crippen molar-refractivity contribution >= 4 is 34.9 Å². The molecule has 3 rings (SSSR count). The number of amides is 2. The van der Waals surface area contributed by atoms with Crippen LogP contribution in [0.4, 0.5) is 14.9 Å².